The summed E-state index contributed by atoms with van der Waals surface area (Å²) in [5.41, 5.74) is 0. The minimum absolute atomic E-state index is 0.0610. The number of rotatable bonds is 5. The first kappa shape index (κ1) is 15.7. The first-order chi connectivity index (χ1) is 11.0. The van der Waals surface area contributed by atoms with Gasteiger partial charge in [-0.2, -0.15) is 0 Å². The van der Waals surface area contributed by atoms with E-state index in [2.05, 4.69) is 30.6 Å². The summed E-state index contributed by atoms with van der Waals surface area (Å²) < 4.78 is 7.10. The van der Waals surface area contributed by atoms with Crippen molar-refractivity contribution in [3.63, 3.8) is 0 Å². The molecule has 23 heavy (non-hydrogen) atoms. The highest BCUT2D eigenvalue weighted by molar-refractivity contribution is 5.93. The van der Waals surface area contributed by atoms with Crippen LogP contribution in [0, 0.1) is 6.92 Å². The minimum atomic E-state index is -0.390. The van der Waals surface area contributed by atoms with Crippen molar-refractivity contribution in [3.05, 3.63) is 23.5 Å². The molecule has 2 N–H and O–H groups in total. The van der Waals surface area contributed by atoms with Gasteiger partial charge in [0, 0.05) is 19.0 Å². The molecule has 3 heterocycles. The van der Waals surface area contributed by atoms with Crippen LogP contribution < -0.4 is 10.6 Å². The quantitative estimate of drug-likeness (QED) is 0.869. The van der Waals surface area contributed by atoms with Crippen LogP contribution in [-0.2, 0) is 17.8 Å². The second-order valence-electron chi connectivity index (χ2n) is 6.01. The Hall–Kier alpha value is -2.22. The zero-order valence-corrected chi connectivity index (χ0v) is 13.7. The summed E-state index contributed by atoms with van der Waals surface area (Å²) in [7, 11) is 0. The Morgan fingerprint density at radius 3 is 2.91 bits per heavy atom. The van der Waals surface area contributed by atoms with Crippen LogP contribution in [0.4, 0.5) is 5.82 Å². The highest BCUT2D eigenvalue weighted by atomic mass is 16.5. The van der Waals surface area contributed by atoms with Crippen LogP contribution in [0.1, 0.15) is 50.1 Å². The summed E-state index contributed by atoms with van der Waals surface area (Å²) >= 11 is 0. The average Bonchev–Trinajstić information content (AvgIpc) is 3.13. The number of fused-ring (bicyclic) bond motifs is 1. The second kappa shape index (κ2) is 6.49. The van der Waals surface area contributed by atoms with E-state index in [1.54, 1.807) is 13.0 Å². The lowest BCUT2D eigenvalue weighted by Crippen LogP contribution is -2.40. The molecule has 1 aliphatic heterocycles. The molecule has 2 aromatic heterocycles. The van der Waals surface area contributed by atoms with Crippen molar-refractivity contribution in [2.45, 2.75) is 58.7 Å². The van der Waals surface area contributed by atoms with Gasteiger partial charge in [0.05, 0.1) is 12.1 Å². The van der Waals surface area contributed by atoms with Gasteiger partial charge < -0.3 is 14.4 Å². The zero-order chi connectivity index (χ0) is 16.4. The van der Waals surface area contributed by atoms with Crippen molar-refractivity contribution >= 4 is 11.7 Å². The first-order valence-corrected chi connectivity index (χ1v) is 7.97. The summed E-state index contributed by atoms with van der Waals surface area (Å²) in [6.07, 6.45) is 3.28. The lowest BCUT2D eigenvalue weighted by atomic mass is 10.1. The van der Waals surface area contributed by atoms with E-state index in [4.69, 9.17) is 4.52 Å². The van der Waals surface area contributed by atoms with Crippen molar-refractivity contribution in [1.29, 1.82) is 0 Å². The fourth-order valence-electron chi connectivity index (χ4n) is 2.84. The number of anilines is 1. The Labute approximate surface area is 134 Å². The van der Waals surface area contributed by atoms with Gasteiger partial charge in [-0.05, 0) is 33.6 Å². The number of nitrogens with one attached hydrogen (secondary N) is 2. The van der Waals surface area contributed by atoms with Gasteiger partial charge >= 0.3 is 0 Å². The van der Waals surface area contributed by atoms with Crippen LogP contribution in [0.2, 0.25) is 0 Å². The van der Waals surface area contributed by atoms with E-state index in [0.29, 0.717) is 11.6 Å². The molecule has 0 fully saturated rings. The van der Waals surface area contributed by atoms with Gasteiger partial charge in [0.2, 0.25) is 5.91 Å². The molecule has 0 aliphatic carbocycles. The summed E-state index contributed by atoms with van der Waals surface area (Å²) in [6, 6.07) is 1.23. The molecule has 0 unspecified atom stereocenters. The number of hydrogen-bond donors (Lipinski definition) is 2. The van der Waals surface area contributed by atoms with E-state index in [0.717, 1.165) is 37.5 Å². The number of amides is 1. The maximum Gasteiger partial charge on any atom is 0.242 e. The molecule has 0 saturated carbocycles. The molecule has 0 saturated heterocycles. The fourth-order valence-corrected chi connectivity index (χ4v) is 2.84. The van der Waals surface area contributed by atoms with Gasteiger partial charge in [-0.15, -0.1) is 10.2 Å². The van der Waals surface area contributed by atoms with Gasteiger partial charge in [-0.3, -0.25) is 10.1 Å². The molecule has 8 nitrogen and oxygen atoms in total. The van der Waals surface area contributed by atoms with E-state index < -0.39 is 6.04 Å². The summed E-state index contributed by atoms with van der Waals surface area (Å²) in [6.45, 7) is 6.53. The van der Waals surface area contributed by atoms with E-state index in [9.17, 15) is 4.79 Å². The predicted molar refractivity (Wildman–Crippen MR) is 83.8 cm³/mol. The maximum absolute atomic E-state index is 12.2. The minimum Gasteiger partial charge on any atom is -0.360 e. The number of nitrogens with zero attached hydrogens (tertiary/aromatic N) is 4. The topological polar surface area (TPSA) is 97.9 Å². The fraction of sp³-hybridized carbons (Fsp3) is 0.600. The third kappa shape index (κ3) is 3.42. The van der Waals surface area contributed by atoms with E-state index in [1.165, 1.54) is 0 Å². The molecule has 0 aromatic carbocycles. The molecule has 2 aromatic rings. The Morgan fingerprint density at radius 2 is 2.17 bits per heavy atom. The van der Waals surface area contributed by atoms with Gasteiger partial charge in [0.1, 0.15) is 17.4 Å². The molecule has 124 valence electrons. The SMILES string of the molecule is Cc1cc(NC(=O)[C@@H](C)N[C@@H](C)c2nnc3n2CCCC3)no1. The monoisotopic (exact) mass is 318 g/mol. The van der Waals surface area contributed by atoms with Gasteiger partial charge in [-0.1, -0.05) is 5.16 Å². The second-order valence-corrected chi connectivity index (χ2v) is 6.01. The summed E-state index contributed by atoms with van der Waals surface area (Å²) in [5.74, 6) is 2.84. The number of hydrogen-bond acceptors (Lipinski definition) is 6. The van der Waals surface area contributed by atoms with E-state index in [1.807, 2.05) is 13.8 Å². The number of carbonyl (C=O) groups excluding carboxylic acids is 1. The Morgan fingerprint density at radius 1 is 1.35 bits per heavy atom. The van der Waals surface area contributed by atoms with Crippen LogP contribution in [0.3, 0.4) is 0 Å². The highest BCUT2D eigenvalue weighted by Crippen LogP contribution is 2.19. The molecule has 1 aliphatic rings. The van der Waals surface area contributed by atoms with Crippen molar-refractivity contribution in [3.8, 4) is 0 Å². The van der Waals surface area contributed by atoms with Crippen LogP contribution in [-0.4, -0.2) is 31.9 Å². The molecular formula is C15H22N6O2. The largest absolute Gasteiger partial charge is 0.360 e. The van der Waals surface area contributed by atoms with Gasteiger partial charge in [0.25, 0.3) is 0 Å². The van der Waals surface area contributed by atoms with Crippen LogP contribution in [0.5, 0.6) is 0 Å². The van der Waals surface area contributed by atoms with Gasteiger partial charge in [-0.25, -0.2) is 0 Å². The third-order valence-corrected chi connectivity index (χ3v) is 4.05. The number of aryl methyl sites for hydroxylation is 2. The van der Waals surface area contributed by atoms with Crippen molar-refractivity contribution < 1.29 is 9.32 Å². The van der Waals surface area contributed by atoms with E-state index >= 15 is 0 Å². The van der Waals surface area contributed by atoms with Crippen LogP contribution in [0.15, 0.2) is 10.6 Å². The van der Waals surface area contributed by atoms with Crippen molar-refractivity contribution in [1.82, 2.24) is 25.2 Å². The molecule has 0 bridgehead atoms. The highest BCUT2D eigenvalue weighted by Gasteiger charge is 2.23. The molecule has 0 spiro atoms. The molecular weight excluding hydrogens is 296 g/mol. The summed E-state index contributed by atoms with van der Waals surface area (Å²) in [4.78, 5) is 12.2. The molecule has 3 rings (SSSR count). The van der Waals surface area contributed by atoms with Crippen LogP contribution in [0.25, 0.3) is 0 Å². The number of aromatic nitrogens is 4. The predicted octanol–water partition coefficient (Wildman–Crippen LogP) is 1.59. The van der Waals surface area contributed by atoms with E-state index in [-0.39, 0.29) is 11.9 Å². The molecule has 1 amide bonds. The van der Waals surface area contributed by atoms with Gasteiger partial charge in [0.15, 0.2) is 5.82 Å². The Balaban J connectivity index is 1.61. The standard InChI is InChI=1S/C15H22N6O2/c1-9-8-12(20-23-9)17-15(22)11(3)16-10(2)14-19-18-13-6-4-5-7-21(13)14/h8,10-11,16H,4-7H2,1-3H3,(H,17,20,22)/t10-,11+/m0/s1. The zero-order valence-electron chi connectivity index (χ0n) is 13.7. The normalized spacial score (nSPS) is 16.7. The van der Waals surface area contributed by atoms with Crippen molar-refractivity contribution in [2.24, 2.45) is 0 Å². The molecule has 8 heteroatoms. The third-order valence-electron chi connectivity index (χ3n) is 4.05. The summed E-state index contributed by atoms with van der Waals surface area (Å²) in [5, 5.41) is 18.3. The molecule has 2 atom stereocenters. The maximum atomic E-state index is 12.2. The molecule has 0 radical (unpaired) electrons. The average molecular weight is 318 g/mol. The number of carbonyl (C=O) groups is 1. The van der Waals surface area contributed by atoms with Crippen molar-refractivity contribution in [2.75, 3.05) is 5.32 Å². The first-order valence-electron chi connectivity index (χ1n) is 7.97. The Kier molecular flexibility index (Phi) is 4.42. The Bertz CT molecular complexity index is 692. The lowest BCUT2D eigenvalue weighted by Gasteiger charge is -2.21. The lowest BCUT2D eigenvalue weighted by molar-refractivity contribution is -0.118. The van der Waals surface area contributed by atoms with Crippen LogP contribution >= 0.6 is 0 Å². The smallest absolute Gasteiger partial charge is 0.242 e.